The van der Waals surface area contributed by atoms with E-state index in [0.717, 1.165) is 0 Å². The molecule has 6 nitrogen and oxygen atoms in total. The van der Waals surface area contributed by atoms with Gasteiger partial charge >= 0.3 is 12.1 Å². The van der Waals surface area contributed by atoms with Gasteiger partial charge in [0, 0.05) is 0 Å². The van der Waals surface area contributed by atoms with Crippen LogP contribution in [0, 0.1) is 6.92 Å². The SMILES string of the molecule is COC(=O)c1c(C)nc(COCC(F)(F)F)nc1N. The molecule has 0 saturated carbocycles. The summed E-state index contributed by atoms with van der Waals surface area (Å²) in [6.07, 6.45) is -4.42. The number of aromatic nitrogens is 2. The van der Waals surface area contributed by atoms with Crippen molar-refractivity contribution in [2.24, 2.45) is 0 Å². The highest BCUT2D eigenvalue weighted by atomic mass is 19.4. The predicted molar refractivity (Wildman–Crippen MR) is 58.2 cm³/mol. The molecule has 0 amide bonds. The summed E-state index contributed by atoms with van der Waals surface area (Å²) < 4.78 is 44.5. The molecule has 0 radical (unpaired) electrons. The number of rotatable bonds is 4. The van der Waals surface area contributed by atoms with Crippen LogP contribution in [0.4, 0.5) is 19.0 Å². The maximum Gasteiger partial charge on any atom is 0.411 e. The summed E-state index contributed by atoms with van der Waals surface area (Å²) in [5.74, 6) is -0.908. The van der Waals surface area contributed by atoms with Gasteiger partial charge in [-0.1, -0.05) is 0 Å². The van der Waals surface area contributed by atoms with Crippen LogP contribution in [0.3, 0.4) is 0 Å². The first-order valence-corrected chi connectivity index (χ1v) is 5.10. The van der Waals surface area contributed by atoms with Crippen molar-refractivity contribution in [3.8, 4) is 0 Å². The Balaban J connectivity index is 2.81. The molecule has 1 aromatic rings. The fourth-order valence-electron chi connectivity index (χ4n) is 1.33. The monoisotopic (exact) mass is 279 g/mol. The Morgan fingerprint density at radius 3 is 2.47 bits per heavy atom. The van der Waals surface area contributed by atoms with Crippen LogP contribution in [0.1, 0.15) is 21.9 Å². The van der Waals surface area contributed by atoms with E-state index in [-0.39, 0.29) is 22.9 Å². The Morgan fingerprint density at radius 2 is 2.00 bits per heavy atom. The highest BCUT2D eigenvalue weighted by Gasteiger charge is 2.27. The highest BCUT2D eigenvalue weighted by molar-refractivity contribution is 5.95. The molecule has 0 aliphatic heterocycles. The van der Waals surface area contributed by atoms with E-state index < -0.39 is 25.4 Å². The van der Waals surface area contributed by atoms with Crippen LogP contribution in [0.2, 0.25) is 0 Å². The van der Waals surface area contributed by atoms with E-state index in [0.29, 0.717) is 0 Å². The van der Waals surface area contributed by atoms with E-state index in [1.165, 1.54) is 14.0 Å². The molecule has 9 heteroatoms. The number of nitrogens with zero attached hydrogens (tertiary/aromatic N) is 2. The van der Waals surface area contributed by atoms with Crippen molar-refractivity contribution in [2.75, 3.05) is 19.5 Å². The molecule has 0 bridgehead atoms. The summed E-state index contributed by atoms with van der Waals surface area (Å²) in [6.45, 7) is -0.391. The summed E-state index contributed by atoms with van der Waals surface area (Å²) >= 11 is 0. The lowest BCUT2D eigenvalue weighted by Gasteiger charge is -2.10. The fourth-order valence-corrected chi connectivity index (χ4v) is 1.33. The van der Waals surface area contributed by atoms with Crippen LogP contribution in [0.25, 0.3) is 0 Å². The van der Waals surface area contributed by atoms with Crippen molar-refractivity contribution in [3.63, 3.8) is 0 Å². The number of hydrogen-bond acceptors (Lipinski definition) is 6. The largest absolute Gasteiger partial charge is 0.465 e. The van der Waals surface area contributed by atoms with Gasteiger partial charge in [0.2, 0.25) is 0 Å². The van der Waals surface area contributed by atoms with Gasteiger partial charge in [0.05, 0.1) is 12.8 Å². The molecule has 0 aliphatic rings. The maximum atomic E-state index is 11.9. The number of methoxy groups -OCH3 is 1. The van der Waals surface area contributed by atoms with E-state index in [4.69, 9.17) is 5.73 Å². The number of carbonyl (C=O) groups is 1. The number of esters is 1. The van der Waals surface area contributed by atoms with Gasteiger partial charge in [-0.25, -0.2) is 14.8 Å². The second kappa shape index (κ2) is 5.83. The van der Waals surface area contributed by atoms with Crippen LogP contribution >= 0.6 is 0 Å². The zero-order chi connectivity index (χ0) is 14.6. The minimum atomic E-state index is -4.42. The summed E-state index contributed by atoms with van der Waals surface area (Å²) in [4.78, 5) is 18.9. The molecule has 0 fully saturated rings. The van der Waals surface area contributed by atoms with Gasteiger partial charge in [0.1, 0.15) is 24.6 Å². The number of hydrogen-bond donors (Lipinski definition) is 1. The Bertz CT molecular complexity index is 454. The van der Waals surface area contributed by atoms with E-state index in [1.807, 2.05) is 0 Å². The van der Waals surface area contributed by atoms with Crippen LogP contribution < -0.4 is 5.73 Å². The second-order valence-electron chi connectivity index (χ2n) is 3.59. The number of aryl methyl sites for hydroxylation is 1. The first kappa shape index (κ1) is 15.2. The molecule has 0 unspecified atom stereocenters. The smallest absolute Gasteiger partial charge is 0.411 e. The van der Waals surface area contributed by atoms with Crippen molar-refractivity contribution < 1.29 is 27.4 Å². The molecule has 0 aromatic carbocycles. The molecular weight excluding hydrogens is 267 g/mol. The van der Waals surface area contributed by atoms with E-state index >= 15 is 0 Å². The van der Waals surface area contributed by atoms with E-state index in [1.54, 1.807) is 0 Å². The first-order valence-electron chi connectivity index (χ1n) is 5.10. The number of carbonyl (C=O) groups excluding carboxylic acids is 1. The average Bonchev–Trinajstić information content (AvgIpc) is 2.26. The minimum absolute atomic E-state index is 0.0120. The summed E-state index contributed by atoms with van der Waals surface area (Å²) in [5.41, 5.74) is 5.73. The lowest BCUT2D eigenvalue weighted by atomic mass is 10.2. The number of nitrogens with two attached hydrogens (primary N) is 1. The van der Waals surface area contributed by atoms with Gasteiger partial charge in [-0.15, -0.1) is 0 Å². The van der Waals surface area contributed by atoms with E-state index in [9.17, 15) is 18.0 Å². The van der Waals surface area contributed by atoms with Gasteiger partial charge in [-0.2, -0.15) is 13.2 Å². The fraction of sp³-hybridized carbons (Fsp3) is 0.500. The van der Waals surface area contributed by atoms with Gasteiger partial charge in [-0.3, -0.25) is 0 Å². The summed E-state index contributed by atoms with van der Waals surface area (Å²) in [7, 11) is 1.17. The maximum absolute atomic E-state index is 11.9. The Labute approximate surface area is 106 Å². The van der Waals surface area contributed by atoms with Crippen molar-refractivity contribution in [3.05, 3.63) is 17.1 Å². The third-order valence-corrected chi connectivity index (χ3v) is 2.05. The predicted octanol–water partition coefficient (Wildman–Crippen LogP) is 1.23. The zero-order valence-electron chi connectivity index (χ0n) is 10.2. The minimum Gasteiger partial charge on any atom is -0.465 e. The van der Waals surface area contributed by atoms with E-state index in [2.05, 4.69) is 19.4 Å². The van der Waals surface area contributed by atoms with Crippen LogP contribution in [-0.4, -0.2) is 35.8 Å². The molecule has 19 heavy (non-hydrogen) atoms. The average molecular weight is 279 g/mol. The van der Waals surface area contributed by atoms with Crippen molar-refractivity contribution >= 4 is 11.8 Å². The first-order chi connectivity index (χ1) is 8.74. The van der Waals surface area contributed by atoms with Crippen LogP contribution in [0.15, 0.2) is 0 Å². The third-order valence-electron chi connectivity index (χ3n) is 2.05. The molecular formula is C10H12F3N3O3. The molecule has 0 spiro atoms. The standard InChI is InChI=1S/C10H12F3N3O3/c1-5-7(9(17)18-2)8(14)16-6(15-5)3-19-4-10(11,12)13/h3-4H2,1-2H3,(H2,14,15,16). The number of alkyl halides is 3. The van der Waals surface area contributed by atoms with Gasteiger partial charge in [0.25, 0.3) is 0 Å². The Morgan fingerprint density at radius 1 is 1.37 bits per heavy atom. The molecule has 1 aromatic heterocycles. The lowest BCUT2D eigenvalue weighted by Crippen LogP contribution is -2.18. The van der Waals surface area contributed by atoms with Crippen molar-refractivity contribution in [1.82, 2.24) is 9.97 Å². The Hall–Kier alpha value is -1.90. The summed E-state index contributed by atoms with van der Waals surface area (Å²) in [6, 6.07) is 0. The van der Waals surface area contributed by atoms with Crippen molar-refractivity contribution in [2.45, 2.75) is 19.7 Å². The molecule has 2 N–H and O–H groups in total. The topological polar surface area (TPSA) is 87.3 Å². The van der Waals surface area contributed by atoms with Gasteiger partial charge in [0.15, 0.2) is 5.82 Å². The second-order valence-corrected chi connectivity index (χ2v) is 3.59. The van der Waals surface area contributed by atoms with Gasteiger partial charge < -0.3 is 15.2 Å². The summed E-state index contributed by atoms with van der Waals surface area (Å²) in [5, 5.41) is 0. The zero-order valence-corrected chi connectivity index (χ0v) is 10.2. The molecule has 0 aliphatic carbocycles. The highest BCUT2D eigenvalue weighted by Crippen LogP contribution is 2.17. The normalized spacial score (nSPS) is 11.4. The van der Waals surface area contributed by atoms with Crippen LogP contribution in [-0.2, 0) is 16.1 Å². The number of halogens is 3. The third kappa shape index (κ3) is 4.36. The number of ether oxygens (including phenoxy) is 2. The molecule has 1 rings (SSSR count). The molecule has 0 atom stereocenters. The lowest BCUT2D eigenvalue weighted by molar-refractivity contribution is -0.177. The van der Waals surface area contributed by atoms with Crippen LogP contribution in [0.5, 0.6) is 0 Å². The molecule has 1 heterocycles. The quantitative estimate of drug-likeness (QED) is 0.834. The number of nitrogen functional groups attached to an aromatic ring is 1. The molecule has 106 valence electrons. The van der Waals surface area contributed by atoms with Gasteiger partial charge in [-0.05, 0) is 6.92 Å². The Kier molecular flexibility index (Phi) is 4.65. The van der Waals surface area contributed by atoms with Crippen molar-refractivity contribution in [1.29, 1.82) is 0 Å². The number of anilines is 1. The molecule has 0 saturated heterocycles.